The van der Waals surface area contributed by atoms with Gasteiger partial charge in [-0.25, -0.2) is 0 Å². The smallest absolute Gasteiger partial charge is 0.255 e. The number of hydrogen-bond acceptors (Lipinski definition) is 5. The van der Waals surface area contributed by atoms with Crippen LogP contribution in [-0.4, -0.2) is 15.9 Å². The fourth-order valence-corrected chi connectivity index (χ4v) is 3.54. The lowest BCUT2D eigenvalue weighted by Crippen LogP contribution is -2.11. The third kappa shape index (κ3) is 5.46. The van der Waals surface area contributed by atoms with Gasteiger partial charge in [0.1, 0.15) is 11.5 Å². The number of carbonyl (C=O) groups excluding carboxylic acids is 1. The Morgan fingerprint density at radius 2 is 1.57 bits per heavy atom. The van der Waals surface area contributed by atoms with Crippen LogP contribution >= 0.6 is 11.8 Å². The molecule has 6 heteroatoms. The van der Waals surface area contributed by atoms with E-state index < -0.39 is 0 Å². The van der Waals surface area contributed by atoms with Crippen LogP contribution in [0.2, 0.25) is 0 Å². The Bertz CT molecular complexity index is 1090. The molecule has 0 fully saturated rings. The van der Waals surface area contributed by atoms with E-state index >= 15 is 0 Å². The van der Waals surface area contributed by atoms with Crippen molar-refractivity contribution in [1.29, 1.82) is 0 Å². The second-order valence-electron chi connectivity index (χ2n) is 6.44. The highest BCUT2D eigenvalue weighted by atomic mass is 32.2. The Labute approximate surface area is 179 Å². The van der Waals surface area contributed by atoms with Gasteiger partial charge < -0.3 is 10.1 Å². The van der Waals surface area contributed by atoms with Crippen LogP contribution in [-0.2, 0) is 5.75 Å². The van der Waals surface area contributed by atoms with Crippen molar-refractivity contribution in [2.45, 2.75) is 10.6 Å². The van der Waals surface area contributed by atoms with Gasteiger partial charge in [-0.05, 0) is 72.3 Å². The summed E-state index contributed by atoms with van der Waals surface area (Å²) in [4.78, 5) is 21.8. The molecule has 0 atom stereocenters. The van der Waals surface area contributed by atoms with Crippen molar-refractivity contribution in [3.8, 4) is 11.5 Å². The summed E-state index contributed by atoms with van der Waals surface area (Å²) in [6.07, 6.45) is 6.97. The Balaban J connectivity index is 1.32. The number of pyridine rings is 2. The molecule has 2 aromatic carbocycles. The van der Waals surface area contributed by atoms with Crippen LogP contribution in [0.3, 0.4) is 0 Å². The first-order valence-electron chi connectivity index (χ1n) is 9.37. The summed E-state index contributed by atoms with van der Waals surface area (Å²) in [6, 6.07) is 22.4. The first kappa shape index (κ1) is 19.7. The number of benzene rings is 2. The minimum Gasteiger partial charge on any atom is -0.456 e. The molecule has 2 heterocycles. The number of ether oxygens (including phenoxy) is 1. The lowest BCUT2D eigenvalue weighted by molar-refractivity contribution is 0.102. The molecule has 0 unspecified atom stereocenters. The van der Waals surface area contributed by atoms with Gasteiger partial charge >= 0.3 is 0 Å². The second kappa shape index (κ2) is 9.71. The summed E-state index contributed by atoms with van der Waals surface area (Å²) in [6.45, 7) is 0. The van der Waals surface area contributed by atoms with E-state index in [1.54, 1.807) is 60.7 Å². The third-order valence-corrected chi connectivity index (χ3v) is 5.31. The van der Waals surface area contributed by atoms with Crippen LogP contribution in [0.5, 0.6) is 11.5 Å². The number of amides is 1. The largest absolute Gasteiger partial charge is 0.456 e. The summed E-state index contributed by atoms with van der Waals surface area (Å²) in [7, 11) is 0. The van der Waals surface area contributed by atoms with Gasteiger partial charge in [-0.3, -0.25) is 14.8 Å². The molecule has 0 aliphatic carbocycles. The first-order valence-corrected chi connectivity index (χ1v) is 10.4. The fourth-order valence-electron chi connectivity index (χ4n) is 2.71. The van der Waals surface area contributed by atoms with Gasteiger partial charge in [0.25, 0.3) is 5.91 Å². The number of carbonyl (C=O) groups is 1. The molecule has 0 radical (unpaired) electrons. The fraction of sp³-hybridized carbons (Fsp3) is 0.0417. The summed E-state index contributed by atoms with van der Waals surface area (Å²) in [5.74, 6) is 1.98. The van der Waals surface area contributed by atoms with Crippen molar-refractivity contribution in [3.63, 3.8) is 0 Å². The summed E-state index contributed by atoms with van der Waals surface area (Å²) in [5.41, 5.74) is 2.49. The number of anilines is 1. The lowest BCUT2D eigenvalue weighted by atomic mass is 10.2. The molecule has 5 nitrogen and oxygen atoms in total. The van der Waals surface area contributed by atoms with Crippen molar-refractivity contribution in [2.75, 3.05) is 5.32 Å². The molecule has 0 bridgehead atoms. The predicted octanol–water partition coefficient (Wildman–Crippen LogP) is 5.81. The Morgan fingerprint density at radius 3 is 2.23 bits per heavy atom. The molecular weight excluding hydrogens is 394 g/mol. The van der Waals surface area contributed by atoms with E-state index in [-0.39, 0.29) is 5.91 Å². The molecule has 2 aromatic heterocycles. The van der Waals surface area contributed by atoms with Gasteiger partial charge in [-0.15, -0.1) is 11.8 Å². The van der Waals surface area contributed by atoms with Crippen molar-refractivity contribution in [2.24, 2.45) is 0 Å². The highest BCUT2D eigenvalue weighted by Gasteiger charge is 2.07. The van der Waals surface area contributed by atoms with Gasteiger partial charge in [0, 0.05) is 40.5 Å². The maximum Gasteiger partial charge on any atom is 0.255 e. The zero-order chi connectivity index (χ0) is 20.6. The lowest BCUT2D eigenvalue weighted by Gasteiger charge is -2.08. The van der Waals surface area contributed by atoms with E-state index in [0.717, 1.165) is 16.3 Å². The normalized spacial score (nSPS) is 10.4. The molecule has 0 aliphatic heterocycles. The van der Waals surface area contributed by atoms with Crippen LogP contribution in [0.4, 0.5) is 5.69 Å². The van der Waals surface area contributed by atoms with Gasteiger partial charge in [0.2, 0.25) is 0 Å². The molecule has 0 saturated carbocycles. The highest BCUT2D eigenvalue weighted by Crippen LogP contribution is 2.24. The van der Waals surface area contributed by atoms with Crippen LogP contribution in [0, 0.1) is 0 Å². The number of aromatic nitrogens is 2. The minimum absolute atomic E-state index is 0.168. The molecule has 30 heavy (non-hydrogen) atoms. The number of nitrogens with one attached hydrogen (secondary N) is 1. The SMILES string of the molecule is O=C(Nc1ccc(SCc2cccnc2)cc1)c1ccc(Oc2cccnc2)cc1. The van der Waals surface area contributed by atoms with Crippen LogP contribution in [0.25, 0.3) is 0 Å². The monoisotopic (exact) mass is 413 g/mol. The van der Waals surface area contributed by atoms with Crippen molar-refractivity contribution >= 4 is 23.4 Å². The first-order chi connectivity index (χ1) is 14.8. The molecule has 0 spiro atoms. The van der Waals surface area contributed by atoms with E-state index in [9.17, 15) is 4.79 Å². The molecule has 148 valence electrons. The molecule has 0 aliphatic rings. The van der Waals surface area contributed by atoms with Crippen molar-refractivity contribution in [3.05, 3.63) is 109 Å². The minimum atomic E-state index is -0.168. The zero-order valence-corrected chi connectivity index (χ0v) is 16.9. The summed E-state index contributed by atoms with van der Waals surface area (Å²) in [5, 5.41) is 2.92. The number of hydrogen-bond donors (Lipinski definition) is 1. The maximum atomic E-state index is 12.5. The van der Waals surface area contributed by atoms with E-state index in [1.807, 2.05) is 42.6 Å². The standard InChI is InChI=1S/C24H19N3O2S/c28-24(19-5-9-21(10-6-19)29-22-4-2-14-26-16-22)27-20-7-11-23(12-8-20)30-17-18-3-1-13-25-15-18/h1-16H,17H2,(H,27,28). The van der Waals surface area contributed by atoms with Crippen LogP contribution in [0.15, 0.2) is 102 Å². The molecule has 1 amide bonds. The quantitative estimate of drug-likeness (QED) is 0.387. The summed E-state index contributed by atoms with van der Waals surface area (Å²) >= 11 is 1.73. The van der Waals surface area contributed by atoms with Crippen LogP contribution in [0.1, 0.15) is 15.9 Å². The predicted molar refractivity (Wildman–Crippen MR) is 119 cm³/mol. The topological polar surface area (TPSA) is 64.1 Å². The van der Waals surface area contributed by atoms with E-state index in [1.165, 1.54) is 5.56 Å². The number of rotatable bonds is 7. The molecule has 0 saturated heterocycles. The average molecular weight is 414 g/mol. The number of nitrogens with zero attached hydrogens (tertiary/aromatic N) is 2. The zero-order valence-electron chi connectivity index (χ0n) is 16.1. The van der Waals surface area contributed by atoms with Gasteiger partial charge in [-0.1, -0.05) is 6.07 Å². The van der Waals surface area contributed by atoms with Gasteiger partial charge in [0.15, 0.2) is 0 Å². The summed E-state index contributed by atoms with van der Waals surface area (Å²) < 4.78 is 5.70. The van der Waals surface area contributed by atoms with E-state index in [0.29, 0.717) is 17.1 Å². The van der Waals surface area contributed by atoms with E-state index in [4.69, 9.17) is 4.74 Å². The number of thioether (sulfide) groups is 1. The Morgan fingerprint density at radius 1 is 0.833 bits per heavy atom. The van der Waals surface area contributed by atoms with Crippen molar-refractivity contribution < 1.29 is 9.53 Å². The average Bonchev–Trinajstić information content (AvgIpc) is 2.80. The van der Waals surface area contributed by atoms with Gasteiger partial charge in [-0.2, -0.15) is 0 Å². The van der Waals surface area contributed by atoms with Crippen molar-refractivity contribution in [1.82, 2.24) is 9.97 Å². The Kier molecular flexibility index (Phi) is 6.37. The highest BCUT2D eigenvalue weighted by molar-refractivity contribution is 7.98. The third-order valence-electron chi connectivity index (χ3n) is 4.23. The maximum absolute atomic E-state index is 12.5. The molecular formula is C24H19N3O2S. The van der Waals surface area contributed by atoms with E-state index in [2.05, 4.69) is 21.4 Å². The molecule has 4 aromatic rings. The second-order valence-corrected chi connectivity index (χ2v) is 7.49. The molecule has 1 N–H and O–H groups in total. The van der Waals surface area contributed by atoms with Gasteiger partial charge in [0.05, 0.1) is 6.20 Å². The Hall–Kier alpha value is -3.64. The molecule has 4 rings (SSSR count). The van der Waals surface area contributed by atoms with Crippen LogP contribution < -0.4 is 10.1 Å².